The number of hydrogen-bond acceptors (Lipinski definition) is 5. The van der Waals surface area contributed by atoms with E-state index < -0.39 is 18.1 Å². The van der Waals surface area contributed by atoms with Gasteiger partial charge in [0.2, 0.25) is 17.7 Å². The summed E-state index contributed by atoms with van der Waals surface area (Å²) in [5.41, 5.74) is 2.62. The van der Waals surface area contributed by atoms with Crippen molar-refractivity contribution in [1.82, 2.24) is 20.9 Å². The van der Waals surface area contributed by atoms with Crippen LogP contribution in [0.3, 0.4) is 0 Å². The van der Waals surface area contributed by atoms with E-state index >= 15 is 0 Å². The van der Waals surface area contributed by atoms with Gasteiger partial charge in [-0.15, -0.1) is 0 Å². The molecule has 3 amide bonds. The average molecular weight is 507 g/mol. The summed E-state index contributed by atoms with van der Waals surface area (Å²) in [7, 11) is 5.27. The molecule has 8 heteroatoms. The first-order valence-electron chi connectivity index (χ1n) is 12.7. The van der Waals surface area contributed by atoms with Crippen LogP contribution in [0.15, 0.2) is 54.7 Å². The number of carbonyl (C=O) groups excluding carboxylic acids is 3. The molecule has 3 rings (SSSR count). The molecule has 1 heterocycles. The molecule has 0 radical (unpaired) electrons. The van der Waals surface area contributed by atoms with E-state index in [2.05, 4.69) is 16.0 Å². The van der Waals surface area contributed by atoms with Crippen molar-refractivity contribution in [2.75, 3.05) is 21.2 Å². The fourth-order valence-electron chi connectivity index (χ4n) is 4.37. The second kappa shape index (κ2) is 13.1. The Morgan fingerprint density at radius 2 is 1.73 bits per heavy atom. The summed E-state index contributed by atoms with van der Waals surface area (Å²) < 4.78 is 5.55. The van der Waals surface area contributed by atoms with E-state index in [-0.39, 0.29) is 23.6 Å². The van der Waals surface area contributed by atoms with Gasteiger partial charge in [-0.3, -0.25) is 19.3 Å². The summed E-state index contributed by atoms with van der Waals surface area (Å²) in [6.45, 7) is 3.89. The minimum absolute atomic E-state index is 0.138. The summed E-state index contributed by atoms with van der Waals surface area (Å²) >= 11 is 0. The van der Waals surface area contributed by atoms with Crippen LogP contribution in [0.2, 0.25) is 0 Å². The Kier molecular flexibility index (Phi) is 9.85. The maximum absolute atomic E-state index is 13.5. The molecule has 4 atom stereocenters. The van der Waals surface area contributed by atoms with Gasteiger partial charge in [0.15, 0.2) is 0 Å². The van der Waals surface area contributed by atoms with E-state index in [9.17, 15) is 14.4 Å². The van der Waals surface area contributed by atoms with Crippen molar-refractivity contribution >= 4 is 23.8 Å². The molecular weight excluding hydrogens is 468 g/mol. The molecule has 198 valence electrons. The third-order valence-electron chi connectivity index (χ3n) is 6.85. The third-order valence-corrected chi connectivity index (χ3v) is 6.85. The summed E-state index contributed by atoms with van der Waals surface area (Å²) in [6, 6.07) is 13.1. The molecular formula is C29H38N4O4. The Balaban J connectivity index is 2.03. The number of rotatable bonds is 6. The second-order valence-electron chi connectivity index (χ2n) is 9.72. The lowest BCUT2D eigenvalue weighted by Gasteiger charge is -2.30. The lowest BCUT2D eigenvalue weighted by molar-refractivity contribution is -0.134. The van der Waals surface area contributed by atoms with Crippen molar-refractivity contribution in [1.29, 1.82) is 0 Å². The molecule has 2 aromatic carbocycles. The van der Waals surface area contributed by atoms with E-state index in [0.717, 1.165) is 16.7 Å². The third kappa shape index (κ3) is 7.43. The number of likely N-dealkylation sites (N-methyl/N-ethyl adjacent to an activating group) is 1. The Bertz CT molecular complexity index is 1120. The first kappa shape index (κ1) is 27.9. The van der Waals surface area contributed by atoms with Crippen molar-refractivity contribution in [3.63, 3.8) is 0 Å². The first-order chi connectivity index (χ1) is 17.7. The first-order valence-corrected chi connectivity index (χ1v) is 12.7. The maximum atomic E-state index is 13.5. The molecule has 0 saturated heterocycles. The SMILES string of the molecule is CC[C@H](C)[C@@H]1NC(=O)[C@@H](N(C)C)Cc2cc(ccc2OC)/C=C\NC(=O)[C@H](Cc2ccccc2)NC1=O. The fourth-order valence-corrected chi connectivity index (χ4v) is 4.37. The van der Waals surface area contributed by atoms with Crippen molar-refractivity contribution in [2.24, 2.45) is 5.92 Å². The Morgan fingerprint density at radius 1 is 1.00 bits per heavy atom. The van der Waals surface area contributed by atoms with Crippen LogP contribution >= 0.6 is 0 Å². The van der Waals surface area contributed by atoms with Crippen LogP contribution in [0.1, 0.15) is 37.0 Å². The highest BCUT2D eigenvalue weighted by molar-refractivity contribution is 5.94. The number of methoxy groups -OCH3 is 1. The van der Waals surface area contributed by atoms with Crippen LogP contribution in [-0.4, -0.2) is 62.0 Å². The maximum Gasteiger partial charge on any atom is 0.246 e. The molecule has 0 spiro atoms. The topological polar surface area (TPSA) is 99.8 Å². The van der Waals surface area contributed by atoms with Gasteiger partial charge < -0.3 is 20.7 Å². The van der Waals surface area contributed by atoms with E-state index in [1.54, 1.807) is 19.4 Å². The van der Waals surface area contributed by atoms with Gasteiger partial charge in [0.25, 0.3) is 0 Å². The van der Waals surface area contributed by atoms with Gasteiger partial charge in [-0.1, -0.05) is 56.7 Å². The summed E-state index contributed by atoms with van der Waals surface area (Å²) in [5, 5.41) is 8.70. The number of hydrogen-bond donors (Lipinski definition) is 3. The van der Waals surface area contributed by atoms with Gasteiger partial charge in [0, 0.05) is 19.0 Å². The van der Waals surface area contributed by atoms with Gasteiger partial charge in [-0.25, -0.2) is 0 Å². The highest BCUT2D eigenvalue weighted by Crippen LogP contribution is 2.23. The zero-order valence-corrected chi connectivity index (χ0v) is 22.3. The number of amides is 3. The second-order valence-corrected chi connectivity index (χ2v) is 9.72. The number of nitrogens with zero attached hydrogens (tertiary/aromatic N) is 1. The molecule has 0 aromatic heterocycles. The van der Waals surface area contributed by atoms with Crippen molar-refractivity contribution in [3.05, 3.63) is 71.4 Å². The molecule has 0 unspecified atom stereocenters. The minimum atomic E-state index is -0.816. The molecule has 2 bridgehead atoms. The highest BCUT2D eigenvalue weighted by Gasteiger charge is 2.33. The van der Waals surface area contributed by atoms with Crippen LogP contribution in [0, 0.1) is 5.92 Å². The Morgan fingerprint density at radius 3 is 2.38 bits per heavy atom. The van der Waals surface area contributed by atoms with Crippen molar-refractivity contribution in [3.8, 4) is 5.75 Å². The highest BCUT2D eigenvalue weighted by atomic mass is 16.5. The normalized spacial score (nSPS) is 22.6. The lowest BCUT2D eigenvalue weighted by Crippen LogP contribution is -2.58. The quantitative estimate of drug-likeness (QED) is 0.559. The molecule has 0 fully saturated rings. The Hall–Kier alpha value is -3.65. The van der Waals surface area contributed by atoms with Gasteiger partial charge in [-0.2, -0.15) is 0 Å². The number of ether oxygens (including phenoxy) is 1. The van der Waals surface area contributed by atoms with Crippen LogP contribution in [0.25, 0.3) is 6.08 Å². The molecule has 0 saturated carbocycles. The van der Waals surface area contributed by atoms with Gasteiger partial charge in [0.1, 0.15) is 17.8 Å². The predicted molar refractivity (Wildman–Crippen MR) is 145 cm³/mol. The van der Waals surface area contributed by atoms with Crippen molar-refractivity contribution in [2.45, 2.75) is 51.2 Å². The largest absolute Gasteiger partial charge is 0.496 e. The molecule has 8 nitrogen and oxygen atoms in total. The molecule has 3 N–H and O–H groups in total. The molecule has 1 aliphatic rings. The fraction of sp³-hybridized carbons (Fsp3) is 0.414. The number of carbonyl (C=O) groups is 3. The number of nitrogens with one attached hydrogen (secondary N) is 3. The number of fused-ring (bicyclic) bond motifs is 2. The van der Waals surface area contributed by atoms with E-state index in [1.165, 1.54) is 0 Å². The van der Waals surface area contributed by atoms with Crippen LogP contribution < -0.4 is 20.7 Å². The monoisotopic (exact) mass is 506 g/mol. The van der Waals surface area contributed by atoms with E-state index in [0.29, 0.717) is 25.0 Å². The van der Waals surface area contributed by atoms with E-state index in [1.807, 2.05) is 81.4 Å². The summed E-state index contributed by atoms with van der Waals surface area (Å²) in [6.07, 6.45) is 4.76. The van der Waals surface area contributed by atoms with Gasteiger partial charge in [0.05, 0.1) is 13.2 Å². The summed E-state index contributed by atoms with van der Waals surface area (Å²) in [4.78, 5) is 42.1. The number of benzene rings is 2. The smallest absolute Gasteiger partial charge is 0.246 e. The predicted octanol–water partition coefficient (Wildman–Crippen LogP) is 2.53. The molecule has 37 heavy (non-hydrogen) atoms. The molecule has 2 aromatic rings. The lowest BCUT2D eigenvalue weighted by atomic mass is 9.95. The van der Waals surface area contributed by atoms with Gasteiger partial charge >= 0.3 is 0 Å². The van der Waals surface area contributed by atoms with Crippen LogP contribution in [-0.2, 0) is 27.2 Å². The average Bonchev–Trinajstić information content (AvgIpc) is 2.89. The minimum Gasteiger partial charge on any atom is -0.496 e. The molecule has 0 aliphatic carbocycles. The van der Waals surface area contributed by atoms with Crippen LogP contribution in [0.5, 0.6) is 5.75 Å². The van der Waals surface area contributed by atoms with Crippen LogP contribution in [0.4, 0.5) is 0 Å². The zero-order chi connectivity index (χ0) is 26.9. The molecule has 1 aliphatic heterocycles. The zero-order valence-electron chi connectivity index (χ0n) is 22.3. The summed E-state index contributed by atoms with van der Waals surface area (Å²) in [5.74, 6) is -0.442. The Labute approximate surface area is 219 Å². The van der Waals surface area contributed by atoms with Crippen molar-refractivity contribution < 1.29 is 19.1 Å². The van der Waals surface area contributed by atoms with Gasteiger partial charge in [-0.05, 0) is 54.9 Å². The van der Waals surface area contributed by atoms with E-state index in [4.69, 9.17) is 4.74 Å². The standard InChI is InChI=1S/C29H38N4O4/c1-6-19(2)26-29(36)31-23(17-20-10-8-7-9-11-20)27(34)30-15-14-21-12-13-25(37-5)22(16-21)18-24(33(3)4)28(35)32-26/h7-16,19,23-24,26H,6,17-18H2,1-5H3,(H,30,34)(H,31,36)(H,32,35)/b15-14-/t19-,23-,24-,26-/m0/s1.